The molecule has 60 heavy (non-hydrogen) atoms. The summed E-state index contributed by atoms with van der Waals surface area (Å²) in [5.41, 5.74) is 0. The molecule has 2 aliphatic rings. The second-order valence-corrected chi connectivity index (χ2v) is 17.7. The minimum absolute atomic E-state index is 0.169. The molecular weight excluding hydrogens is 780 g/mol. The second-order valence-electron chi connectivity index (χ2n) is 17.7. The number of hydrogen-bond donors (Lipinski definition) is 7. The van der Waals surface area contributed by atoms with Crippen LogP contribution in [0.4, 0.5) is 0 Å². The maximum absolute atomic E-state index is 12.9. The molecular formula is C45H84O15. The van der Waals surface area contributed by atoms with Gasteiger partial charge >= 0.3 is 11.9 Å². The van der Waals surface area contributed by atoms with Crippen molar-refractivity contribution >= 4 is 11.9 Å². The highest BCUT2D eigenvalue weighted by molar-refractivity contribution is 5.70. The Hall–Kier alpha value is -1.50. The van der Waals surface area contributed by atoms with Crippen molar-refractivity contribution in [1.82, 2.24) is 0 Å². The van der Waals surface area contributed by atoms with Crippen LogP contribution >= 0.6 is 0 Å². The van der Waals surface area contributed by atoms with Gasteiger partial charge < -0.3 is 64.2 Å². The Morgan fingerprint density at radius 3 is 1.50 bits per heavy atom. The van der Waals surface area contributed by atoms with E-state index in [1.54, 1.807) is 0 Å². The van der Waals surface area contributed by atoms with Crippen LogP contribution < -0.4 is 0 Å². The van der Waals surface area contributed by atoms with Crippen LogP contribution in [0.2, 0.25) is 0 Å². The van der Waals surface area contributed by atoms with Crippen molar-refractivity contribution in [3.05, 3.63) is 0 Å². The number of aliphatic hydroxyl groups excluding tert-OH is 7. The summed E-state index contributed by atoms with van der Waals surface area (Å²) in [7, 11) is 0. The smallest absolute Gasteiger partial charge is 0.306 e. The lowest BCUT2D eigenvalue weighted by atomic mass is 9.98. The molecule has 0 bridgehead atoms. The number of carbonyl (C=O) groups excluding carboxylic acids is 2. The molecule has 2 unspecified atom stereocenters. The van der Waals surface area contributed by atoms with Crippen molar-refractivity contribution in [2.45, 2.75) is 236 Å². The molecule has 0 aromatic carbocycles. The predicted molar refractivity (Wildman–Crippen MR) is 224 cm³/mol. The highest BCUT2D eigenvalue weighted by Gasteiger charge is 2.47. The van der Waals surface area contributed by atoms with Crippen LogP contribution in [0.25, 0.3) is 0 Å². The van der Waals surface area contributed by atoms with Crippen LogP contribution in [0.3, 0.4) is 0 Å². The Morgan fingerprint density at radius 1 is 0.533 bits per heavy atom. The van der Waals surface area contributed by atoms with Gasteiger partial charge in [0.2, 0.25) is 0 Å². The third-order valence-electron chi connectivity index (χ3n) is 11.8. The van der Waals surface area contributed by atoms with Crippen LogP contribution in [0.5, 0.6) is 0 Å². The Labute approximate surface area is 359 Å². The number of aliphatic hydroxyl groups is 7. The third kappa shape index (κ3) is 22.2. The molecule has 0 spiro atoms. The zero-order valence-electron chi connectivity index (χ0n) is 37.3. The van der Waals surface area contributed by atoms with Crippen molar-refractivity contribution in [2.24, 2.45) is 11.8 Å². The molecule has 0 saturated carbocycles. The summed E-state index contributed by atoms with van der Waals surface area (Å²) in [6.45, 7) is 7.17. The average molecular weight is 865 g/mol. The van der Waals surface area contributed by atoms with Gasteiger partial charge in [0.15, 0.2) is 18.7 Å². The van der Waals surface area contributed by atoms with E-state index in [0.717, 1.165) is 50.4 Å². The van der Waals surface area contributed by atoms with E-state index in [-0.39, 0.29) is 26.1 Å². The Balaban J connectivity index is 1.86. The van der Waals surface area contributed by atoms with Gasteiger partial charge in [0.05, 0.1) is 19.8 Å². The fraction of sp³-hybridized carbons (Fsp3) is 0.956. The third-order valence-corrected chi connectivity index (χ3v) is 11.8. The number of ether oxygens (including phenoxy) is 6. The van der Waals surface area contributed by atoms with Gasteiger partial charge in [-0.25, -0.2) is 0 Å². The van der Waals surface area contributed by atoms with Gasteiger partial charge in [0, 0.05) is 12.8 Å². The molecule has 15 nitrogen and oxygen atoms in total. The minimum Gasteiger partial charge on any atom is -0.462 e. The largest absolute Gasteiger partial charge is 0.462 e. The molecule has 15 heteroatoms. The monoisotopic (exact) mass is 865 g/mol. The number of carbonyl (C=O) groups is 2. The molecule has 2 aliphatic heterocycles. The minimum atomic E-state index is -1.76. The van der Waals surface area contributed by atoms with Gasteiger partial charge in [0.1, 0.15) is 55.4 Å². The first-order chi connectivity index (χ1) is 28.8. The lowest BCUT2D eigenvalue weighted by Gasteiger charge is -2.42. The normalized spacial score (nSPS) is 28.1. The summed E-state index contributed by atoms with van der Waals surface area (Å²) >= 11 is 0. The number of rotatable bonds is 34. The summed E-state index contributed by atoms with van der Waals surface area (Å²) in [6.07, 6.45) is 5.95. The summed E-state index contributed by atoms with van der Waals surface area (Å²) in [5, 5.41) is 71.8. The summed E-state index contributed by atoms with van der Waals surface area (Å²) < 4.78 is 33.5. The molecule has 354 valence electrons. The SMILES string of the molecule is CCC(C)CCCCCCCCCCC(=O)OC(COC(=O)CCCCCCCCCCCC(C)C)CO[C@@H]1O[C@H](CO[C@@H]2O[C@H](CO)[C@@H](O)[C@H](O)[C@H]2O)[C@@H](O)[C@H](O)[C@H]1O. The molecule has 12 atom stereocenters. The molecule has 0 aromatic heterocycles. The molecule has 2 saturated heterocycles. The van der Waals surface area contributed by atoms with E-state index in [0.29, 0.717) is 12.8 Å². The standard InChI is InChI=1S/C45H84O15/c1-5-32(4)24-20-16-12-9-10-14-18-22-26-37(48)58-33(28-55-36(47)25-21-17-13-8-6-7-11-15-19-23-31(2)3)29-56-44-43(54)41(52)39(50)35(60-44)30-57-45-42(53)40(51)38(49)34(27-46)59-45/h31-35,38-46,49-54H,5-30H2,1-4H3/t32?,33?,34-,35-,38-,39-,40+,41+,42-,43-,44-,45-/m1/s1. The number of unbranched alkanes of at least 4 members (excludes halogenated alkanes) is 15. The number of esters is 2. The van der Waals surface area contributed by atoms with Crippen LogP contribution in [-0.4, -0.2) is 142 Å². The molecule has 2 fully saturated rings. The molecule has 0 aliphatic carbocycles. The van der Waals surface area contributed by atoms with Crippen molar-refractivity contribution < 1.29 is 73.8 Å². The highest BCUT2D eigenvalue weighted by atomic mass is 16.7. The molecule has 7 N–H and O–H groups in total. The van der Waals surface area contributed by atoms with Crippen molar-refractivity contribution in [3.8, 4) is 0 Å². The zero-order chi connectivity index (χ0) is 44.3. The van der Waals surface area contributed by atoms with Crippen molar-refractivity contribution in [1.29, 1.82) is 0 Å². The van der Waals surface area contributed by atoms with Gasteiger partial charge in [-0.15, -0.1) is 0 Å². The first-order valence-corrected chi connectivity index (χ1v) is 23.4. The second kappa shape index (κ2) is 32.2. The quantitative estimate of drug-likeness (QED) is 0.0334. The fourth-order valence-corrected chi connectivity index (χ4v) is 7.49. The summed E-state index contributed by atoms with van der Waals surface area (Å²) in [5.74, 6) is 0.624. The molecule has 0 aromatic rings. The summed E-state index contributed by atoms with van der Waals surface area (Å²) in [4.78, 5) is 25.6. The van der Waals surface area contributed by atoms with E-state index in [2.05, 4.69) is 27.7 Å². The van der Waals surface area contributed by atoms with Crippen LogP contribution in [0.15, 0.2) is 0 Å². The lowest BCUT2D eigenvalue weighted by molar-refractivity contribution is -0.332. The maximum atomic E-state index is 12.9. The van der Waals surface area contributed by atoms with E-state index in [4.69, 9.17) is 28.4 Å². The van der Waals surface area contributed by atoms with E-state index >= 15 is 0 Å². The Bertz CT molecular complexity index is 1090. The number of hydrogen-bond acceptors (Lipinski definition) is 15. The van der Waals surface area contributed by atoms with Gasteiger partial charge in [-0.3, -0.25) is 9.59 Å². The van der Waals surface area contributed by atoms with Crippen molar-refractivity contribution in [3.63, 3.8) is 0 Å². The topological polar surface area (TPSA) is 231 Å². The van der Waals surface area contributed by atoms with Crippen LogP contribution in [-0.2, 0) is 38.0 Å². The molecule has 2 heterocycles. The average Bonchev–Trinajstić information content (AvgIpc) is 3.23. The van der Waals surface area contributed by atoms with Crippen LogP contribution in [0.1, 0.15) is 169 Å². The molecule has 0 amide bonds. The van der Waals surface area contributed by atoms with Crippen LogP contribution in [0, 0.1) is 11.8 Å². The zero-order valence-corrected chi connectivity index (χ0v) is 37.3. The first-order valence-electron chi connectivity index (χ1n) is 23.4. The Kier molecular flexibility index (Phi) is 29.3. The van der Waals surface area contributed by atoms with E-state index in [1.807, 2.05) is 0 Å². The molecule has 0 radical (unpaired) electrons. The van der Waals surface area contributed by atoms with E-state index < -0.39 is 92.7 Å². The Morgan fingerprint density at radius 2 is 0.983 bits per heavy atom. The van der Waals surface area contributed by atoms with Crippen molar-refractivity contribution in [2.75, 3.05) is 26.4 Å². The molecule has 2 rings (SSSR count). The van der Waals surface area contributed by atoms with Gasteiger partial charge in [-0.05, 0) is 24.7 Å². The maximum Gasteiger partial charge on any atom is 0.306 e. The van der Waals surface area contributed by atoms with E-state index in [1.165, 1.54) is 77.0 Å². The summed E-state index contributed by atoms with van der Waals surface area (Å²) in [6, 6.07) is 0. The first kappa shape index (κ1) is 54.6. The predicted octanol–water partition coefficient (Wildman–Crippen LogP) is 4.98. The lowest BCUT2D eigenvalue weighted by Crippen LogP contribution is -2.61. The van der Waals surface area contributed by atoms with Gasteiger partial charge in [-0.2, -0.15) is 0 Å². The van der Waals surface area contributed by atoms with Gasteiger partial charge in [0.25, 0.3) is 0 Å². The highest BCUT2D eigenvalue weighted by Crippen LogP contribution is 2.26. The van der Waals surface area contributed by atoms with Gasteiger partial charge in [-0.1, -0.05) is 143 Å². The fourth-order valence-electron chi connectivity index (χ4n) is 7.49. The van der Waals surface area contributed by atoms with E-state index in [9.17, 15) is 45.3 Å².